The third-order valence-corrected chi connectivity index (χ3v) is 25.2. The van der Waals surface area contributed by atoms with Crippen LogP contribution in [-0.4, -0.2) is 109 Å². The molecule has 0 spiro atoms. The van der Waals surface area contributed by atoms with E-state index in [9.17, 15) is 51.9 Å². The lowest BCUT2D eigenvalue weighted by molar-refractivity contribution is 0.0943. The number of benzene rings is 4. The van der Waals surface area contributed by atoms with Crippen LogP contribution >= 0.6 is 0 Å². The number of H-pyrrole nitrogens is 4. The summed E-state index contributed by atoms with van der Waals surface area (Å²) in [6.07, 6.45) is 8.61. The predicted molar refractivity (Wildman–Crippen MR) is 494 cm³/mol. The highest BCUT2D eigenvalue weighted by Gasteiger charge is 2.34. The van der Waals surface area contributed by atoms with Crippen molar-refractivity contribution in [2.45, 2.75) is 178 Å². The van der Waals surface area contributed by atoms with Crippen LogP contribution < -0.4 is 48.2 Å². The van der Waals surface area contributed by atoms with Crippen LogP contribution in [0.25, 0.3) is 44.0 Å². The first-order chi connectivity index (χ1) is 60.7. The molecule has 9 N–H and O–H groups in total. The number of pyridine rings is 7. The second kappa shape index (κ2) is 37.4. The number of ether oxygens (including phenoxy) is 1. The molecule has 4 atom stereocenters. The van der Waals surface area contributed by atoms with E-state index < -0.39 is 15.9 Å². The van der Waals surface area contributed by atoms with Crippen LogP contribution in [0.4, 0.5) is 0 Å². The van der Waals surface area contributed by atoms with Gasteiger partial charge in [0.05, 0.1) is 64.5 Å². The number of hydrogen-bond acceptors (Lipinski definition) is 15. The molecule has 2 aliphatic rings. The monoisotopic (exact) mass is 1730 g/mol. The van der Waals surface area contributed by atoms with Crippen LogP contribution in [0.5, 0.6) is 5.75 Å². The molecule has 0 fully saturated rings. The van der Waals surface area contributed by atoms with Crippen molar-refractivity contribution in [1.82, 2.24) is 74.4 Å². The Morgan fingerprint density at radius 3 is 1.31 bits per heavy atom. The van der Waals surface area contributed by atoms with Crippen molar-refractivity contribution in [2.75, 3.05) is 12.9 Å². The molecule has 0 saturated carbocycles. The number of fused-ring (bicyclic) bond motifs is 6. The van der Waals surface area contributed by atoms with Gasteiger partial charge in [-0.25, -0.2) is 23.4 Å². The number of amides is 4. The van der Waals surface area contributed by atoms with Crippen molar-refractivity contribution in [1.29, 1.82) is 0 Å². The Labute approximate surface area is 734 Å². The molecule has 27 nitrogen and oxygen atoms in total. The quantitative estimate of drug-likeness (QED) is 0.0363. The number of aliphatic hydroxyl groups excluding tert-OH is 1. The predicted octanol–water partition coefficient (Wildman–Crippen LogP) is 14.2. The molecular formula is C99H105N15O12S. The molecule has 0 bridgehead atoms. The van der Waals surface area contributed by atoms with E-state index in [0.29, 0.717) is 63.3 Å². The molecule has 1 aliphatic carbocycles. The van der Waals surface area contributed by atoms with Crippen molar-refractivity contribution < 1.29 is 37.4 Å². The van der Waals surface area contributed by atoms with Crippen LogP contribution in [0.3, 0.4) is 0 Å². The fourth-order valence-electron chi connectivity index (χ4n) is 18.1. The first-order valence-corrected chi connectivity index (χ1v) is 44.2. The second-order valence-electron chi connectivity index (χ2n) is 33.0. The van der Waals surface area contributed by atoms with Gasteiger partial charge in [0, 0.05) is 158 Å². The summed E-state index contributed by atoms with van der Waals surface area (Å²) < 4.78 is 38.3. The van der Waals surface area contributed by atoms with Crippen molar-refractivity contribution >= 4 is 77.5 Å². The Morgan fingerprint density at radius 1 is 0.457 bits per heavy atom. The number of aromatic nitrogens is 11. The topological polar surface area (TPSA) is 370 Å². The van der Waals surface area contributed by atoms with E-state index in [1.807, 2.05) is 198 Å². The summed E-state index contributed by atoms with van der Waals surface area (Å²) in [6.45, 7) is 27.7. The average Bonchev–Trinajstić information content (AvgIpc) is 1.61. The third kappa shape index (κ3) is 18.4. The summed E-state index contributed by atoms with van der Waals surface area (Å²) in [7, 11) is -3.35. The summed E-state index contributed by atoms with van der Waals surface area (Å²) in [5.41, 5.74) is 21.2. The van der Waals surface area contributed by atoms with Gasteiger partial charge in [-0.1, -0.05) is 72.8 Å². The zero-order chi connectivity index (χ0) is 90.7. The molecular weight excluding hydrogens is 1620 g/mol. The summed E-state index contributed by atoms with van der Waals surface area (Å²) in [4.78, 5) is 127. The van der Waals surface area contributed by atoms with Gasteiger partial charge in [0.1, 0.15) is 22.7 Å². The van der Waals surface area contributed by atoms with Crippen LogP contribution in [0.1, 0.15) is 199 Å². The minimum Gasteiger partial charge on any atom is -0.493 e. The van der Waals surface area contributed by atoms with Gasteiger partial charge in [-0.15, -0.1) is 0 Å². The molecule has 4 unspecified atom stereocenters. The first-order valence-electron chi connectivity index (χ1n) is 42.3. The highest BCUT2D eigenvalue weighted by molar-refractivity contribution is 7.90. The highest BCUT2D eigenvalue weighted by Crippen LogP contribution is 2.42. The standard InChI is InChI=1S/C27H29N3O4S.C26H26N4O3.C26H26N4O2.C20H24N4O3/c1-16-13-17(2)29-26(31)23(16)15-28-27(32)25-19(4)30(24-12-7-6-11-22(24)25)18(3)20-9-8-10-21(14-20)35(5,33)34;1-15-13-16(2)29-25(31)20(15)14-28-26(32)23-17(3)30(24-19(23)8-6-11-27-24)21-10-12-33-22-9-5-4-7-18(21)22;1-15-13-16(2)29-25(31)21(15)14-28-26(32)23-17(3)30(24-20(23)9-6-12-27-24)22-11-10-18-7-4-5-8-19(18)22;1-11-8-12(2)23-19(26)16(11)9-22-20(27)17-14(4)24(10-13(3)25)18-15(17)6-5-7-21-18/h6-14,18H,15H2,1-5H3,(H,28,32)(H,29,31);4-9,11,13,21H,10,12,14H2,1-3H3,(H,28,32)(H,29,31);4-9,12-13,22H,10-11,14H2,1-3H3,(H,28,32)(H,29,31);5-8,13,25H,9-10H2,1-4H3,(H,22,27)(H,23,26). The first kappa shape index (κ1) is 89.2. The van der Waals surface area contributed by atoms with E-state index in [1.54, 1.807) is 49.8 Å². The molecule has 0 radical (unpaired) electrons. The number of carbonyl (C=O) groups excluding carboxylic acids is 4. The minimum absolute atomic E-state index is 0.0242. The van der Waals surface area contributed by atoms with Gasteiger partial charge < -0.3 is 69.3 Å². The normalized spacial score (nSPS) is 13.9. The lowest BCUT2D eigenvalue weighted by Crippen LogP contribution is -2.28. The number of carbonyl (C=O) groups is 4. The largest absolute Gasteiger partial charge is 0.493 e. The summed E-state index contributed by atoms with van der Waals surface area (Å²) in [5.74, 6) is -0.0805. The van der Waals surface area contributed by atoms with Gasteiger partial charge in [-0.05, 0) is 234 Å². The molecule has 127 heavy (non-hydrogen) atoms. The smallest absolute Gasteiger partial charge is 0.254 e. The van der Waals surface area contributed by atoms with Gasteiger partial charge >= 0.3 is 0 Å². The van der Waals surface area contributed by atoms with E-state index >= 15 is 0 Å². The van der Waals surface area contributed by atoms with Crippen molar-refractivity contribution in [3.63, 3.8) is 0 Å². The SMILES string of the molecule is Cc1cc(C)c(CNC(=O)c2c(C)n(C(C)c3cccc(S(C)(=O)=O)c3)c3ccccc23)c(=O)[nH]1.Cc1cc(C)c(CNC(=O)c2c(C)n(C3CCOc4ccccc43)c3ncccc23)c(=O)[nH]1.Cc1cc(C)c(CNC(=O)c2c(C)n(C3CCc4ccccc43)c3ncccc23)c(=O)[nH]1.Cc1cc(C)c(CNC(=O)c2c(C)n(CC(C)O)c3ncccc23)c(=O)[nH]1. The molecule has 12 heterocycles. The number of aromatic amines is 4. The Kier molecular flexibility index (Phi) is 26.2. The molecule has 4 aromatic carbocycles. The van der Waals surface area contributed by atoms with E-state index in [1.165, 1.54) is 17.4 Å². The van der Waals surface area contributed by atoms with Gasteiger partial charge in [0.15, 0.2) is 9.84 Å². The zero-order valence-corrected chi connectivity index (χ0v) is 74.7. The highest BCUT2D eigenvalue weighted by atomic mass is 32.2. The maximum absolute atomic E-state index is 13.4. The lowest BCUT2D eigenvalue weighted by atomic mass is 10.00. The fraction of sp³-hybridized carbons (Fsp3) is 0.283. The fourth-order valence-corrected chi connectivity index (χ4v) is 18.8. The summed E-state index contributed by atoms with van der Waals surface area (Å²) in [5, 5.41) is 24.6. The number of aryl methyl sites for hydroxylation is 9. The van der Waals surface area contributed by atoms with Gasteiger partial charge in [-0.3, -0.25) is 38.4 Å². The Hall–Kier alpha value is -14.1. The van der Waals surface area contributed by atoms with E-state index in [-0.39, 0.29) is 95.1 Å². The molecule has 28 heteroatoms. The Morgan fingerprint density at radius 2 is 0.850 bits per heavy atom. The zero-order valence-electron chi connectivity index (χ0n) is 73.9. The number of hydrogen-bond donors (Lipinski definition) is 9. The molecule has 4 amide bonds. The maximum atomic E-state index is 13.4. The lowest BCUT2D eigenvalue weighted by Gasteiger charge is -2.28. The van der Waals surface area contributed by atoms with Crippen LogP contribution in [0, 0.1) is 83.1 Å². The molecule has 17 rings (SSSR count). The van der Waals surface area contributed by atoms with Gasteiger partial charge in [0.25, 0.3) is 45.9 Å². The number of rotatable bonds is 19. The third-order valence-electron chi connectivity index (χ3n) is 24.1. The van der Waals surface area contributed by atoms with E-state index in [0.717, 1.165) is 142 Å². The summed E-state index contributed by atoms with van der Waals surface area (Å²) in [6, 6.07) is 49.8. The van der Waals surface area contributed by atoms with Crippen LogP contribution in [0.15, 0.2) is 200 Å². The van der Waals surface area contributed by atoms with Crippen LogP contribution in [0.2, 0.25) is 0 Å². The second-order valence-corrected chi connectivity index (χ2v) is 35.0. The van der Waals surface area contributed by atoms with E-state index in [4.69, 9.17) is 4.74 Å². The number of aliphatic hydroxyl groups is 1. The maximum Gasteiger partial charge on any atom is 0.254 e. The number of nitrogens with one attached hydrogen (secondary N) is 8. The Bertz CT molecular complexity index is 7220. The Balaban J connectivity index is 0.000000138. The number of nitrogens with zero attached hydrogens (tertiary/aromatic N) is 7. The summed E-state index contributed by atoms with van der Waals surface area (Å²) >= 11 is 0. The van der Waals surface area contributed by atoms with Gasteiger partial charge in [-0.2, -0.15) is 0 Å². The van der Waals surface area contributed by atoms with Crippen molar-refractivity contribution in [2.24, 2.45) is 0 Å². The van der Waals surface area contributed by atoms with Crippen LogP contribution in [-0.2, 0) is 49.0 Å². The van der Waals surface area contributed by atoms with E-state index in [2.05, 4.69) is 100 Å². The molecule has 11 aromatic heterocycles. The molecule has 15 aromatic rings. The van der Waals surface area contributed by atoms with Crippen molar-refractivity contribution in [3.8, 4) is 5.75 Å². The van der Waals surface area contributed by atoms with Gasteiger partial charge in [0.2, 0.25) is 0 Å². The molecule has 0 saturated heterocycles. The molecule has 1 aliphatic heterocycles. The average molecular weight is 1730 g/mol. The minimum atomic E-state index is -3.35. The van der Waals surface area contributed by atoms with Crippen molar-refractivity contribution in [3.05, 3.63) is 352 Å². The molecule has 654 valence electrons. The number of para-hydroxylation sites is 2. The number of sulfone groups is 1.